The van der Waals surface area contributed by atoms with Gasteiger partial charge < -0.3 is 15.5 Å². The van der Waals surface area contributed by atoms with E-state index in [9.17, 15) is 0 Å². The molecule has 16 heavy (non-hydrogen) atoms. The van der Waals surface area contributed by atoms with E-state index < -0.39 is 0 Å². The molecule has 0 aliphatic carbocycles. The summed E-state index contributed by atoms with van der Waals surface area (Å²) in [6.07, 6.45) is 3.98. The predicted molar refractivity (Wildman–Crippen MR) is 70.9 cm³/mol. The van der Waals surface area contributed by atoms with Gasteiger partial charge in [0, 0.05) is 31.2 Å². The summed E-state index contributed by atoms with van der Waals surface area (Å²) in [7, 11) is 2.19. The molecule has 1 aliphatic heterocycles. The van der Waals surface area contributed by atoms with Crippen molar-refractivity contribution in [1.29, 1.82) is 0 Å². The fourth-order valence-electron chi connectivity index (χ4n) is 2.21. The van der Waals surface area contributed by atoms with Gasteiger partial charge in [-0.05, 0) is 53.6 Å². The summed E-state index contributed by atoms with van der Waals surface area (Å²) in [6.45, 7) is 10.2. The third kappa shape index (κ3) is 5.28. The minimum Gasteiger partial charge on any atom is -0.314 e. The molecule has 3 heteroatoms. The van der Waals surface area contributed by atoms with Crippen molar-refractivity contribution in [2.45, 2.75) is 58.2 Å². The lowest BCUT2D eigenvalue weighted by Crippen LogP contribution is -2.39. The molecule has 1 rings (SSSR count). The second-order valence-electron chi connectivity index (χ2n) is 5.46. The zero-order valence-corrected chi connectivity index (χ0v) is 11.4. The van der Waals surface area contributed by atoms with Crippen LogP contribution in [0.25, 0.3) is 0 Å². The van der Waals surface area contributed by atoms with Crippen LogP contribution < -0.4 is 10.6 Å². The zero-order chi connectivity index (χ0) is 12.0. The molecule has 1 heterocycles. The highest BCUT2D eigenvalue weighted by Crippen LogP contribution is 2.10. The van der Waals surface area contributed by atoms with E-state index in [0.29, 0.717) is 12.1 Å². The number of likely N-dealkylation sites (N-methyl/N-ethyl adjacent to an activating group) is 1. The summed E-state index contributed by atoms with van der Waals surface area (Å²) >= 11 is 0. The van der Waals surface area contributed by atoms with Crippen molar-refractivity contribution >= 4 is 0 Å². The van der Waals surface area contributed by atoms with Crippen LogP contribution in [0.1, 0.15) is 40.0 Å². The van der Waals surface area contributed by atoms with Crippen molar-refractivity contribution in [3.05, 3.63) is 0 Å². The van der Waals surface area contributed by atoms with Gasteiger partial charge in [0.2, 0.25) is 0 Å². The molecule has 0 amide bonds. The number of nitrogens with one attached hydrogen (secondary N) is 2. The van der Waals surface area contributed by atoms with Gasteiger partial charge in [-0.25, -0.2) is 0 Å². The van der Waals surface area contributed by atoms with Gasteiger partial charge in [0.15, 0.2) is 0 Å². The fourth-order valence-corrected chi connectivity index (χ4v) is 2.21. The summed E-state index contributed by atoms with van der Waals surface area (Å²) in [5.74, 6) is 0. The van der Waals surface area contributed by atoms with Gasteiger partial charge in [-0.3, -0.25) is 0 Å². The SMILES string of the molecule is CC(CC1CCCN1)NCCN(C)C(C)C. The Balaban J connectivity index is 2.03. The molecule has 0 spiro atoms. The van der Waals surface area contributed by atoms with Crippen LogP contribution in [0, 0.1) is 0 Å². The summed E-state index contributed by atoms with van der Waals surface area (Å²) in [4.78, 5) is 2.38. The molecule has 3 nitrogen and oxygen atoms in total. The van der Waals surface area contributed by atoms with Crippen LogP contribution in [0.2, 0.25) is 0 Å². The molecule has 1 aliphatic rings. The molecule has 0 aromatic carbocycles. The Morgan fingerprint density at radius 1 is 1.38 bits per heavy atom. The summed E-state index contributed by atoms with van der Waals surface area (Å²) in [5, 5.41) is 7.17. The van der Waals surface area contributed by atoms with Gasteiger partial charge in [-0.2, -0.15) is 0 Å². The lowest BCUT2D eigenvalue weighted by Gasteiger charge is -2.23. The smallest absolute Gasteiger partial charge is 0.0107 e. The first kappa shape index (κ1) is 13.9. The molecule has 1 saturated heterocycles. The van der Waals surface area contributed by atoms with Gasteiger partial charge in [0.25, 0.3) is 0 Å². The van der Waals surface area contributed by atoms with Crippen molar-refractivity contribution in [2.24, 2.45) is 0 Å². The fraction of sp³-hybridized carbons (Fsp3) is 1.00. The summed E-state index contributed by atoms with van der Waals surface area (Å²) in [5.41, 5.74) is 0. The Hall–Kier alpha value is -0.120. The van der Waals surface area contributed by atoms with Crippen LogP contribution in [0.3, 0.4) is 0 Å². The molecule has 0 aromatic heterocycles. The average Bonchev–Trinajstić information content (AvgIpc) is 2.70. The van der Waals surface area contributed by atoms with E-state index in [0.717, 1.165) is 19.1 Å². The molecule has 2 atom stereocenters. The first-order valence-electron chi connectivity index (χ1n) is 6.76. The van der Waals surface area contributed by atoms with E-state index in [1.807, 2.05) is 0 Å². The monoisotopic (exact) mass is 227 g/mol. The topological polar surface area (TPSA) is 27.3 Å². The summed E-state index contributed by atoms with van der Waals surface area (Å²) in [6, 6.07) is 2.04. The lowest BCUT2D eigenvalue weighted by atomic mass is 10.1. The molecule has 0 bridgehead atoms. The minimum atomic E-state index is 0.635. The van der Waals surface area contributed by atoms with Crippen molar-refractivity contribution in [3.8, 4) is 0 Å². The maximum absolute atomic E-state index is 3.61. The highest BCUT2D eigenvalue weighted by molar-refractivity contribution is 4.78. The van der Waals surface area contributed by atoms with E-state index in [1.165, 1.54) is 25.8 Å². The van der Waals surface area contributed by atoms with E-state index in [2.05, 4.69) is 43.4 Å². The minimum absolute atomic E-state index is 0.635. The third-order valence-corrected chi connectivity index (χ3v) is 3.64. The number of nitrogens with zero attached hydrogens (tertiary/aromatic N) is 1. The Labute approximate surface area is 101 Å². The van der Waals surface area contributed by atoms with Crippen LogP contribution in [0.5, 0.6) is 0 Å². The number of hydrogen-bond acceptors (Lipinski definition) is 3. The molecule has 96 valence electrons. The van der Waals surface area contributed by atoms with Gasteiger partial charge in [0.1, 0.15) is 0 Å². The largest absolute Gasteiger partial charge is 0.314 e. The first-order valence-corrected chi connectivity index (χ1v) is 6.76. The normalized spacial score (nSPS) is 23.2. The van der Waals surface area contributed by atoms with Crippen molar-refractivity contribution in [1.82, 2.24) is 15.5 Å². The quantitative estimate of drug-likeness (QED) is 0.689. The van der Waals surface area contributed by atoms with Gasteiger partial charge in [-0.1, -0.05) is 0 Å². The van der Waals surface area contributed by atoms with Crippen LogP contribution in [-0.2, 0) is 0 Å². The Kier molecular flexibility index (Phi) is 6.32. The van der Waals surface area contributed by atoms with Gasteiger partial charge in [-0.15, -0.1) is 0 Å². The molecule has 2 unspecified atom stereocenters. The van der Waals surface area contributed by atoms with Gasteiger partial charge >= 0.3 is 0 Å². The first-order chi connectivity index (χ1) is 7.59. The van der Waals surface area contributed by atoms with Crippen LogP contribution in [0.4, 0.5) is 0 Å². The van der Waals surface area contributed by atoms with Crippen molar-refractivity contribution in [3.63, 3.8) is 0 Å². The second-order valence-corrected chi connectivity index (χ2v) is 5.46. The van der Waals surface area contributed by atoms with Crippen molar-refractivity contribution in [2.75, 3.05) is 26.7 Å². The average molecular weight is 227 g/mol. The van der Waals surface area contributed by atoms with Crippen molar-refractivity contribution < 1.29 is 0 Å². The standard InChI is InChI=1S/C13H29N3/c1-11(2)16(4)9-8-14-12(3)10-13-6-5-7-15-13/h11-15H,5-10H2,1-4H3. The van der Waals surface area contributed by atoms with E-state index in [4.69, 9.17) is 0 Å². The third-order valence-electron chi connectivity index (χ3n) is 3.64. The lowest BCUT2D eigenvalue weighted by molar-refractivity contribution is 0.267. The molecule has 0 aromatic rings. The molecular formula is C13H29N3. The molecule has 0 saturated carbocycles. The summed E-state index contributed by atoms with van der Waals surface area (Å²) < 4.78 is 0. The van der Waals surface area contributed by atoms with Gasteiger partial charge in [0.05, 0.1) is 0 Å². The Morgan fingerprint density at radius 3 is 2.69 bits per heavy atom. The van der Waals surface area contributed by atoms with E-state index in [1.54, 1.807) is 0 Å². The van der Waals surface area contributed by atoms with Crippen LogP contribution in [0.15, 0.2) is 0 Å². The Morgan fingerprint density at radius 2 is 2.12 bits per heavy atom. The number of hydrogen-bond donors (Lipinski definition) is 2. The number of rotatable bonds is 7. The second kappa shape index (κ2) is 7.25. The molecular weight excluding hydrogens is 198 g/mol. The molecule has 1 fully saturated rings. The molecule has 0 radical (unpaired) electrons. The highest BCUT2D eigenvalue weighted by atomic mass is 15.1. The van der Waals surface area contributed by atoms with Crippen LogP contribution in [-0.4, -0.2) is 49.7 Å². The molecule has 2 N–H and O–H groups in total. The predicted octanol–water partition coefficient (Wildman–Crippen LogP) is 1.45. The maximum atomic E-state index is 3.61. The highest BCUT2D eigenvalue weighted by Gasteiger charge is 2.16. The zero-order valence-electron chi connectivity index (χ0n) is 11.4. The van der Waals surface area contributed by atoms with E-state index in [-0.39, 0.29) is 0 Å². The maximum Gasteiger partial charge on any atom is 0.0107 e. The van der Waals surface area contributed by atoms with Crippen LogP contribution >= 0.6 is 0 Å². The Bertz CT molecular complexity index is 176. The van der Waals surface area contributed by atoms with E-state index >= 15 is 0 Å².